The van der Waals surface area contributed by atoms with E-state index in [0.29, 0.717) is 41.3 Å². The largest absolute Gasteiger partial charge is 0.330 e. The summed E-state index contributed by atoms with van der Waals surface area (Å²) < 4.78 is 1.73. The Morgan fingerprint density at radius 2 is 1.81 bits per heavy atom. The lowest BCUT2D eigenvalue weighted by atomic mass is 10.0. The van der Waals surface area contributed by atoms with Crippen molar-refractivity contribution in [3.8, 4) is 11.4 Å². The van der Waals surface area contributed by atoms with Crippen molar-refractivity contribution in [3.63, 3.8) is 0 Å². The SMILES string of the molecule is NCCCn1c(-c2cccc3ccccc23)nc2cc(Cl)ccc2c1=O. The van der Waals surface area contributed by atoms with Crippen molar-refractivity contribution in [1.29, 1.82) is 0 Å². The Morgan fingerprint density at radius 1 is 1.00 bits per heavy atom. The van der Waals surface area contributed by atoms with Crippen molar-refractivity contribution in [2.24, 2.45) is 5.73 Å². The smallest absolute Gasteiger partial charge is 0.261 e. The predicted octanol–water partition coefficient (Wildman–Crippen LogP) is 4.22. The molecule has 1 aromatic heterocycles. The average molecular weight is 364 g/mol. The summed E-state index contributed by atoms with van der Waals surface area (Å²) in [5.41, 5.74) is 7.15. The Morgan fingerprint density at radius 3 is 2.65 bits per heavy atom. The maximum atomic E-state index is 13.1. The van der Waals surface area contributed by atoms with Crippen LogP contribution in [0.15, 0.2) is 65.5 Å². The van der Waals surface area contributed by atoms with E-state index in [2.05, 4.69) is 12.1 Å². The first kappa shape index (κ1) is 16.8. The molecule has 0 aliphatic heterocycles. The number of hydrogen-bond acceptors (Lipinski definition) is 3. The second-order valence-electron chi connectivity index (χ2n) is 6.22. The highest BCUT2D eigenvalue weighted by Crippen LogP contribution is 2.28. The summed E-state index contributed by atoms with van der Waals surface area (Å²) >= 11 is 6.12. The molecule has 0 bridgehead atoms. The van der Waals surface area contributed by atoms with Gasteiger partial charge < -0.3 is 5.73 Å². The average Bonchev–Trinajstić information content (AvgIpc) is 2.66. The molecule has 0 aliphatic rings. The molecule has 5 heteroatoms. The minimum Gasteiger partial charge on any atom is -0.330 e. The molecule has 0 amide bonds. The van der Waals surface area contributed by atoms with Gasteiger partial charge in [0.1, 0.15) is 5.82 Å². The van der Waals surface area contributed by atoms with Crippen LogP contribution >= 0.6 is 11.6 Å². The molecule has 0 radical (unpaired) electrons. The standard InChI is InChI=1S/C21H18ClN3O/c22-15-9-10-18-19(13-15)24-20(25(21(18)26)12-4-11-23)17-8-3-6-14-5-1-2-7-16(14)17/h1-3,5-10,13H,4,11-12,23H2. The van der Waals surface area contributed by atoms with Gasteiger partial charge in [-0.2, -0.15) is 0 Å². The maximum Gasteiger partial charge on any atom is 0.261 e. The molecule has 0 saturated carbocycles. The van der Waals surface area contributed by atoms with Crippen molar-refractivity contribution in [3.05, 3.63) is 76.0 Å². The number of rotatable bonds is 4. The zero-order valence-corrected chi connectivity index (χ0v) is 14.9. The van der Waals surface area contributed by atoms with Gasteiger partial charge in [-0.15, -0.1) is 0 Å². The summed E-state index contributed by atoms with van der Waals surface area (Å²) in [7, 11) is 0. The van der Waals surface area contributed by atoms with Gasteiger partial charge in [-0.1, -0.05) is 54.1 Å². The number of benzene rings is 3. The van der Waals surface area contributed by atoms with Gasteiger partial charge in [0, 0.05) is 17.1 Å². The molecule has 0 spiro atoms. The van der Waals surface area contributed by atoms with Crippen LogP contribution in [0.25, 0.3) is 33.1 Å². The summed E-state index contributed by atoms with van der Waals surface area (Å²) in [6, 6.07) is 19.3. The number of nitrogens with zero attached hydrogens (tertiary/aromatic N) is 2. The molecule has 2 N–H and O–H groups in total. The molecule has 130 valence electrons. The van der Waals surface area contributed by atoms with Gasteiger partial charge in [0.15, 0.2) is 0 Å². The van der Waals surface area contributed by atoms with Crippen molar-refractivity contribution < 1.29 is 0 Å². The zero-order valence-electron chi connectivity index (χ0n) is 14.2. The van der Waals surface area contributed by atoms with Crippen LogP contribution in [-0.4, -0.2) is 16.1 Å². The van der Waals surface area contributed by atoms with Gasteiger partial charge in [0.05, 0.1) is 10.9 Å². The van der Waals surface area contributed by atoms with Gasteiger partial charge in [-0.25, -0.2) is 4.98 Å². The van der Waals surface area contributed by atoms with Crippen molar-refractivity contribution in [2.45, 2.75) is 13.0 Å². The second-order valence-corrected chi connectivity index (χ2v) is 6.66. The van der Waals surface area contributed by atoms with Gasteiger partial charge in [-0.05, 0) is 41.9 Å². The van der Waals surface area contributed by atoms with Gasteiger partial charge in [0.25, 0.3) is 5.56 Å². The van der Waals surface area contributed by atoms with Crippen molar-refractivity contribution >= 4 is 33.3 Å². The summed E-state index contributed by atoms with van der Waals surface area (Å²) in [6.07, 6.45) is 0.707. The highest BCUT2D eigenvalue weighted by atomic mass is 35.5. The first-order chi connectivity index (χ1) is 12.7. The highest BCUT2D eigenvalue weighted by molar-refractivity contribution is 6.31. The minimum atomic E-state index is -0.0666. The van der Waals surface area contributed by atoms with E-state index in [4.69, 9.17) is 22.3 Å². The number of fused-ring (bicyclic) bond motifs is 2. The highest BCUT2D eigenvalue weighted by Gasteiger charge is 2.15. The Bertz CT molecular complexity index is 1160. The van der Waals surface area contributed by atoms with E-state index in [-0.39, 0.29) is 5.56 Å². The summed E-state index contributed by atoms with van der Waals surface area (Å²) in [4.78, 5) is 17.9. The quantitative estimate of drug-likeness (QED) is 0.590. The lowest BCUT2D eigenvalue weighted by molar-refractivity contribution is 0.632. The molecule has 0 saturated heterocycles. The molecule has 4 aromatic rings. The molecule has 0 atom stereocenters. The van der Waals surface area contributed by atoms with Crippen LogP contribution in [0.2, 0.25) is 5.02 Å². The van der Waals surface area contributed by atoms with Crippen LogP contribution in [0.3, 0.4) is 0 Å². The molecular formula is C21H18ClN3O. The molecule has 4 rings (SSSR count). The summed E-state index contributed by atoms with van der Waals surface area (Å²) in [5, 5.41) is 3.30. The summed E-state index contributed by atoms with van der Waals surface area (Å²) in [6.45, 7) is 1.04. The van der Waals surface area contributed by atoms with Crippen molar-refractivity contribution in [1.82, 2.24) is 9.55 Å². The van der Waals surface area contributed by atoms with Crippen LogP contribution < -0.4 is 11.3 Å². The first-order valence-electron chi connectivity index (χ1n) is 8.57. The Hall–Kier alpha value is -2.69. The van der Waals surface area contributed by atoms with Gasteiger partial charge in [-0.3, -0.25) is 9.36 Å². The van der Waals surface area contributed by atoms with Crippen molar-refractivity contribution in [2.75, 3.05) is 6.54 Å². The lowest BCUT2D eigenvalue weighted by Crippen LogP contribution is -2.24. The summed E-state index contributed by atoms with van der Waals surface area (Å²) in [5.74, 6) is 0.648. The van der Waals surface area contributed by atoms with E-state index >= 15 is 0 Å². The fourth-order valence-corrected chi connectivity index (χ4v) is 3.44. The fourth-order valence-electron chi connectivity index (χ4n) is 3.28. The van der Waals surface area contributed by atoms with E-state index in [1.165, 1.54) is 0 Å². The van der Waals surface area contributed by atoms with E-state index in [9.17, 15) is 4.79 Å². The van der Waals surface area contributed by atoms with Crippen LogP contribution in [0.4, 0.5) is 0 Å². The normalized spacial score (nSPS) is 11.3. The molecule has 0 unspecified atom stereocenters. The third-order valence-electron chi connectivity index (χ3n) is 4.53. The molecule has 1 heterocycles. The van der Waals surface area contributed by atoms with Crippen LogP contribution in [0.1, 0.15) is 6.42 Å². The molecule has 26 heavy (non-hydrogen) atoms. The van der Waals surface area contributed by atoms with Gasteiger partial charge in [0.2, 0.25) is 0 Å². The molecule has 0 fully saturated rings. The Balaban J connectivity index is 2.08. The second kappa shape index (κ2) is 6.90. The third-order valence-corrected chi connectivity index (χ3v) is 4.77. The van der Waals surface area contributed by atoms with E-state index < -0.39 is 0 Å². The number of nitrogens with two attached hydrogens (primary N) is 1. The topological polar surface area (TPSA) is 60.9 Å². The van der Waals surface area contributed by atoms with Gasteiger partial charge >= 0.3 is 0 Å². The molecule has 4 nitrogen and oxygen atoms in total. The maximum absolute atomic E-state index is 13.1. The predicted molar refractivity (Wildman–Crippen MR) is 108 cm³/mol. The Labute approximate surface area is 155 Å². The lowest BCUT2D eigenvalue weighted by Gasteiger charge is -2.15. The third kappa shape index (κ3) is 2.87. The number of aromatic nitrogens is 2. The zero-order chi connectivity index (χ0) is 18.1. The van der Waals surface area contributed by atoms with Crippen LogP contribution in [-0.2, 0) is 6.54 Å². The van der Waals surface area contributed by atoms with E-state index in [1.54, 1.807) is 22.8 Å². The molecule has 3 aromatic carbocycles. The van der Waals surface area contributed by atoms with E-state index in [1.807, 2.05) is 30.3 Å². The van der Waals surface area contributed by atoms with E-state index in [0.717, 1.165) is 16.3 Å². The Kier molecular flexibility index (Phi) is 4.45. The number of hydrogen-bond donors (Lipinski definition) is 1. The fraction of sp³-hybridized carbons (Fsp3) is 0.143. The van der Waals surface area contributed by atoms with Crippen LogP contribution in [0.5, 0.6) is 0 Å². The monoisotopic (exact) mass is 363 g/mol. The first-order valence-corrected chi connectivity index (χ1v) is 8.95. The minimum absolute atomic E-state index is 0.0666. The molecule has 0 aliphatic carbocycles. The molecular weight excluding hydrogens is 346 g/mol. The van der Waals surface area contributed by atoms with Crippen LogP contribution in [0, 0.1) is 0 Å². The number of halogens is 1.